The lowest BCUT2D eigenvalue weighted by Crippen LogP contribution is -2.28. The standard InChI is InChI=1S/C9H15NO2/c1-7(6-11)10-5-9-4-3-8(2)12-9/h3-4,7,10-11H,5-6H2,1-2H3/t7-/m0/s1. The van der Waals surface area contributed by atoms with Crippen molar-refractivity contribution in [1.82, 2.24) is 5.32 Å². The predicted molar refractivity (Wildman–Crippen MR) is 46.8 cm³/mol. The zero-order valence-electron chi connectivity index (χ0n) is 7.50. The monoisotopic (exact) mass is 169 g/mol. The highest BCUT2D eigenvalue weighted by Gasteiger charge is 2.01. The summed E-state index contributed by atoms with van der Waals surface area (Å²) in [5.74, 6) is 1.83. The normalized spacial score (nSPS) is 13.2. The second kappa shape index (κ2) is 4.28. The van der Waals surface area contributed by atoms with E-state index in [1.54, 1.807) is 0 Å². The number of rotatable bonds is 4. The first-order valence-electron chi connectivity index (χ1n) is 4.12. The molecule has 1 aromatic rings. The van der Waals surface area contributed by atoms with Crippen LogP contribution in [-0.4, -0.2) is 17.8 Å². The van der Waals surface area contributed by atoms with Crippen molar-refractivity contribution in [3.05, 3.63) is 23.7 Å². The molecule has 3 nitrogen and oxygen atoms in total. The van der Waals surface area contributed by atoms with E-state index < -0.39 is 0 Å². The molecule has 1 aromatic heterocycles. The molecule has 0 saturated carbocycles. The Morgan fingerprint density at radius 1 is 1.58 bits per heavy atom. The number of furan rings is 1. The molecule has 3 heteroatoms. The van der Waals surface area contributed by atoms with Gasteiger partial charge in [-0.25, -0.2) is 0 Å². The highest BCUT2D eigenvalue weighted by atomic mass is 16.3. The van der Waals surface area contributed by atoms with Crippen molar-refractivity contribution >= 4 is 0 Å². The van der Waals surface area contributed by atoms with Crippen molar-refractivity contribution in [3.8, 4) is 0 Å². The van der Waals surface area contributed by atoms with Crippen LogP contribution in [0.3, 0.4) is 0 Å². The maximum atomic E-state index is 8.72. The first kappa shape index (κ1) is 9.29. The Hall–Kier alpha value is -0.800. The quantitative estimate of drug-likeness (QED) is 0.708. The molecule has 0 aromatic carbocycles. The zero-order valence-corrected chi connectivity index (χ0v) is 7.50. The van der Waals surface area contributed by atoms with Gasteiger partial charge in [-0.15, -0.1) is 0 Å². The third-order valence-corrected chi connectivity index (χ3v) is 1.69. The molecule has 0 aliphatic carbocycles. The number of aliphatic hydroxyl groups is 1. The predicted octanol–water partition coefficient (Wildman–Crippen LogP) is 1.06. The fourth-order valence-electron chi connectivity index (χ4n) is 0.920. The van der Waals surface area contributed by atoms with E-state index in [0.717, 1.165) is 11.5 Å². The van der Waals surface area contributed by atoms with Crippen molar-refractivity contribution in [2.24, 2.45) is 0 Å². The van der Waals surface area contributed by atoms with Crippen LogP contribution < -0.4 is 5.32 Å². The van der Waals surface area contributed by atoms with E-state index in [9.17, 15) is 0 Å². The van der Waals surface area contributed by atoms with Gasteiger partial charge in [0.1, 0.15) is 11.5 Å². The van der Waals surface area contributed by atoms with Crippen LogP contribution in [0.5, 0.6) is 0 Å². The van der Waals surface area contributed by atoms with Crippen molar-refractivity contribution < 1.29 is 9.52 Å². The summed E-state index contributed by atoms with van der Waals surface area (Å²) in [4.78, 5) is 0. The Labute approximate surface area is 72.4 Å². The van der Waals surface area contributed by atoms with Crippen molar-refractivity contribution in [2.75, 3.05) is 6.61 Å². The molecule has 0 bridgehead atoms. The van der Waals surface area contributed by atoms with E-state index in [1.807, 2.05) is 26.0 Å². The fourth-order valence-corrected chi connectivity index (χ4v) is 0.920. The molecule has 0 amide bonds. The SMILES string of the molecule is Cc1ccc(CN[C@@H](C)CO)o1. The van der Waals surface area contributed by atoms with E-state index >= 15 is 0 Å². The average Bonchev–Trinajstić information content (AvgIpc) is 2.47. The number of hydrogen-bond acceptors (Lipinski definition) is 3. The first-order chi connectivity index (χ1) is 5.72. The van der Waals surface area contributed by atoms with Crippen LogP contribution in [0, 0.1) is 6.92 Å². The molecule has 0 aliphatic heterocycles. The van der Waals surface area contributed by atoms with E-state index in [4.69, 9.17) is 9.52 Å². The van der Waals surface area contributed by atoms with Crippen LogP contribution in [0.25, 0.3) is 0 Å². The van der Waals surface area contributed by atoms with E-state index in [2.05, 4.69) is 5.32 Å². The fraction of sp³-hybridized carbons (Fsp3) is 0.556. The Morgan fingerprint density at radius 3 is 2.83 bits per heavy atom. The molecule has 0 radical (unpaired) electrons. The Balaban J connectivity index is 2.33. The number of aliphatic hydroxyl groups excluding tert-OH is 1. The van der Waals surface area contributed by atoms with Crippen molar-refractivity contribution in [1.29, 1.82) is 0 Å². The summed E-state index contributed by atoms with van der Waals surface area (Å²) in [6, 6.07) is 3.99. The minimum atomic E-state index is 0.121. The summed E-state index contributed by atoms with van der Waals surface area (Å²) in [7, 11) is 0. The summed E-state index contributed by atoms with van der Waals surface area (Å²) < 4.78 is 5.33. The van der Waals surface area contributed by atoms with Crippen LogP contribution in [-0.2, 0) is 6.54 Å². The molecule has 12 heavy (non-hydrogen) atoms. The van der Waals surface area contributed by atoms with Crippen LogP contribution in [0.2, 0.25) is 0 Å². The highest BCUT2D eigenvalue weighted by Crippen LogP contribution is 2.05. The smallest absolute Gasteiger partial charge is 0.117 e. The van der Waals surface area contributed by atoms with Gasteiger partial charge in [-0.1, -0.05) is 0 Å². The Kier molecular flexibility index (Phi) is 3.31. The molecule has 1 heterocycles. The highest BCUT2D eigenvalue weighted by molar-refractivity contribution is 5.05. The molecule has 0 saturated heterocycles. The van der Waals surface area contributed by atoms with Gasteiger partial charge in [0.2, 0.25) is 0 Å². The third kappa shape index (κ3) is 2.68. The Morgan fingerprint density at radius 2 is 2.33 bits per heavy atom. The summed E-state index contributed by atoms with van der Waals surface area (Å²) in [5.41, 5.74) is 0. The zero-order chi connectivity index (χ0) is 8.97. The lowest BCUT2D eigenvalue weighted by Gasteiger charge is -2.07. The van der Waals surface area contributed by atoms with Crippen LogP contribution in [0.4, 0.5) is 0 Å². The third-order valence-electron chi connectivity index (χ3n) is 1.69. The molecule has 0 unspecified atom stereocenters. The van der Waals surface area contributed by atoms with E-state index in [-0.39, 0.29) is 12.6 Å². The van der Waals surface area contributed by atoms with Crippen LogP contribution in [0.1, 0.15) is 18.4 Å². The van der Waals surface area contributed by atoms with Gasteiger partial charge in [-0.3, -0.25) is 0 Å². The average molecular weight is 169 g/mol. The van der Waals surface area contributed by atoms with Gasteiger partial charge in [-0.05, 0) is 26.0 Å². The maximum Gasteiger partial charge on any atom is 0.117 e. The maximum absolute atomic E-state index is 8.72. The summed E-state index contributed by atoms with van der Waals surface area (Å²) in [6.07, 6.45) is 0. The molecule has 0 aliphatic rings. The molecular formula is C9H15NO2. The van der Waals surface area contributed by atoms with Crippen LogP contribution >= 0.6 is 0 Å². The first-order valence-corrected chi connectivity index (χ1v) is 4.12. The molecule has 68 valence electrons. The number of hydrogen-bond donors (Lipinski definition) is 2. The Bertz CT molecular complexity index is 232. The topological polar surface area (TPSA) is 45.4 Å². The second-order valence-corrected chi connectivity index (χ2v) is 2.98. The summed E-state index contributed by atoms with van der Waals surface area (Å²) in [6.45, 7) is 4.67. The second-order valence-electron chi connectivity index (χ2n) is 2.98. The molecule has 2 N–H and O–H groups in total. The molecule has 1 atom stereocenters. The van der Waals surface area contributed by atoms with Gasteiger partial charge in [0, 0.05) is 6.04 Å². The minimum absolute atomic E-state index is 0.121. The molecule has 1 rings (SSSR count). The van der Waals surface area contributed by atoms with Crippen molar-refractivity contribution in [2.45, 2.75) is 26.4 Å². The van der Waals surface area contributed by atoms with E-state index in [0.29, 0.717) is 6.54 Å². The summed E-state index contributed by atoms with van der Waals surface area (Å²) in [5, 5.41) is 11.8. The lowest BCUT2D eigenvalue weighted by molar-refractivity contribution is 0.248. The van der Waals surface area contributed by atoms with Gasteiger partial charge in [0.05, 0.1) is 13.2 Å². The van der Waals surface area contributed by atoms with Gasteiger partial charge < -0.3 is 14.8 Å². The number of nitrogens with one attached hydrogen (secondary N) is 1. The van der Waals surface area contributed by atoms with Crippen molar-refractivity contribution in [3.63, 3.8) is 0 Å². The largest absolute Gasteiger partial charge is 0.465 e. The summed E-state index contributed by atoms with van der Waals surface area (Å²) >= 11 is 0. The van der Waals surface area contributed by atoms with Gasteiger partial charge in [0.25, 0.3) is 0 Å². The molecular weight excluding hydrogens is 154 g/mol. The van der Waals surface area contributed by atoms with Gasteiger partial charge in [-0.2, -0.15) is 0 Å². The lowest BCUT2D eigenvalue weighted by atomic mass is 10.3. The molecule has 0 fully saturated rings. The van der Waals surface area contributed by atoms with E-state index in [1.165, 1.54) is 0 Å². The minimum Gasteiger partial charge on any atom is -0.465 e. The number of aryl methyl sites for hydroxylation is 1. The van der Waals surface area contributed by atoms with Crippen LogP contribution in [0.15, 0.2) is 16.5 Å². The van der Waals surface area contributed by atoms with Gasteiger partial charge in [0.15, 0.2) is 0 Å². The molecule has 0 spiro atoms. The van der Waals surface area contributed by atoms with Gasteiger partial charge >= 0.3 is 0 Å².